The summed E-state index contributed by atoms with van der Waals surface area (Å²) in [4.78, 5) is 12.2. The predicted octanol–water partition coefficient (Wildman–Crippen LogP) is 1.80. The molecule has 1 aromatic heterocycles. The summed E-state index contributed by atoms with van der Waals surface area (Å²) in [6, 6.07) is 0.603. The summed E-state index contributed by atoms with van der Waals surface area (Å²) in [5.41, 5.74) is 5.63. The van der Waals surface area contributed by atoms with E-state index in [-0.39, 0.29) is 12.0 Å². The van der Waals surface area contributed by atoms with E-state index in [0.717, 1.165) is 18.6 Å². The summed E-state index contributed by atoms with van der Waals surface area (Å²) < 4.78 is 5.36. The first kappa shape index (κ1) is 14.8. The van der Waals surface area contributed by atoms with E-state index in [4.69, 9.17) is 10.5 Å². The molecule has 0 aliphatic heterocycles. The van der Waals surface area contributed by atoms with Gasteiger partial charge in [-0.1, -0.05) is 13.8 Å². The SMILES string of the molecule is CCCOc1nc(N)nc(NC(CC)CSC)n1. The van der Waals surface area contributed by atoms with Crippen LogP contribution in [0.4, 0.5) is 11.9 Å². The number of nitrogens with two attached hydrogens (primary N) is 1. The van der Waals surface area contributed by atoms with Gasteiger partial charge < -0.3 is 15.8 Å². The van der Waals surface area contributed by atoms with Gasteiger partial charge in [0.05, 0.1) is 6.61 Å². The Kier molecular flexibility index (Phi) is 6.56. The molecule has 6 nitrogen and oxygen atoms in total. The quantitative estimate of drug-likeness (QED) is 0.745. The highest BCUT2D eigenvalue weighted by molar-refractivity contribution is 7.98. The Morgan fingerprint density at radius 1 is 1.33 bits per heavy atom. The van der Waals surface area contributed by atoms with Crippen LogP contribution in [0, 0.1) is 0 Å². The lowest BCUT2D eigenvalue weighted by Crippen LogP contribution is -2.23. The van der Waals surface area contributed by atoms with Crippen LogP contribution in [-0.4, -0.2) is 39.6 Å². The Hall–Kier alpha value is -1.24. The van der Waals surface area contributed by atoms with Gasteiger partial charge in [0.1, 0.15) is 0 Å². The third kappa shape index (κ3) is 4.95. The maximum atomic E-state index is 5.63. The Labute approximate surface area is 112 Å². The van der Waals surface area contributed by atoms with Crippen LogP contribution in [0.15, 0.2) is 0 Å². The molecule has 0 saturated heterocycles. The Balaban J connectivity index is 2.71. The molecule has 1 rings (SSSR count). The van der Waals surface area contributed by atoms with Gasteiger partial charge in [0, 0.05) is 11.8 Å². The van der Waals surface area contributed by atoms with Crippen molar-refractivity contribution in [2.45, 2.75) is 32.7 Å². The monoisotopic (exact) mass is 271 g/mol. The second-order valence-corrected chi connectivity index (χ2v) is 4.76. The molecule has 0 radical (unpaired) electrons. The van der Waals surface area contributed by atoms with Crippen molar-refractivity contribution in [3.05, 3.63) is 0 Å². The van der Waals surface area contributed by atoms with Crippen LogP contribution in [0.25, 0.3) is 0 Å². The zero-order valence-electron chi connectivity index (χ0n) is 11.1. The molecule has 0 aliphatic carbocycles. The lowest BCUT2D eigenvalue weighted by Gasteiger charge is -2.15. The molecular weight excluding hydrogens is 250 g/mol. The van der Waals surface area contributed by atoms with Crippen molar-refractivity contribution in [1.82, 2.24) is 15.0 Å². The molecule has 0 saturated carbocycles. The number of anilines is 2. The largest absolute Gasteiger partial charge is 0.463 e. The zero-order chi connectivity index (χ0) is 13.4. The number of thioether (sulfide) groups is 1. The van der Waals surface area contributed by atoms with Gasteiger partial charge in [-0.15, -0.1) is 0 Å². The highest BCUT2D eigenvalue weighted by atomic mass is 32.2. The van der Waals surface area contributed by atoms with Crippen molar-refractivity contribution in [2.24, 2.45) is 0 Å². The summed E-state index contributed by atoms with van der Waals surface area (Å²) in [5, 5.41) is 3.24. The average molecular weight is 271 g/mol. The van der Waals surface area contributed by atoms with Crippen molar-refractivity contribution < 1.29 is 4.74 Å². The van der Waals surface area contributed by atoms with Crippen LogP contribution in [0.2, 0.25) is 0 Å². The topological polar surface area (TPSA) is 86.0 Å². The molecular formula is C11H21N5OS. The van der Waals surface area contributed by atoms with Gasteiger partial charge in [-0.05, 0) is 19.1 Å². The van der Waals surface area contributed by atoms with Crippen molar-refractivity contribution in [1.29, 1.82) is 0 Å². The standard InChI is InChI=1S/C11H21N5OS/c1-4-6-17-11-15-9(12)14-10(16-11)13-8(5-2)7-18-3/h8H,4-7H2,1-3H3,(H3,12,13,14,15,16). The van der Waals surface area contributed by atoms with Crippen LogP contribution in [0.3, 0.4) is 0 Å². The van der Waals surface area contributed by atoms with Crippen LogP contribution < -0.4 is 15.8 Å². The van der Waals surface area contributed by atoms with Gasteiger partial charge in [-0.2, -0.15) is 26.7 Å². The first-order valence-electron chi connectivity index (χ1n) is 6.09. The molecule has 3 N–H and O–H groups in total. The average Bonchev–Trinajstić information content (AvgIpc) is 2.35. The predicted molar refractivity (Wildman–Crippen MR) is 76.1 cm³/mol. The van der Waals surface area contributed by atoms with E-state index in [1.54, 1.807) is 11.8 Å². The first-order valence-corrected chi connectivity index (χ1v) is 7.48. The van der Waals surface area contributed by atoms with E-state index < -0.39 is 0 Å². The van der Waals surface area contributed by atoms with Crippen LogP contribution >= 0.6 is 11.8 Å². The van der Waals surface area contributed by atoms with Crippen molar-refractivity contribution >= 4 is 23.7 Å². The van der Waals surface area contributed by atoms with E-state index in [0.29, 0.717) is 18.6 Å². The highest BCUT2D eigenvalue weighted by Crippen LogP contribution is 2.12. The number of nitrogens with zero attached hydrogens (tertiary/aromatic N) is 3. The summed E-state index contributed by atoms with van der Waals surface area (Å²) in [7, 11) is 0. The molecule has 1 aromatic rings. The molecule has 0 bridgehead atoms. The van der Waals surface area contributed by atoms with Crippen molar-refractivity contribution in [3.8, 4) is 6.01 Å². The van der Waals surface area contributed by atoms with Gasteiger partial charge in [0.15, 0.2) is 0 Å². The Morgan fingerprint density at radius 3 is 2.72 bits per heavy atom. The third-order valence-electron chi connectivity index (χ3n) is 2.26. The smallest absolute Gasteiger partial charge is 0.323 e. The minimum absolute atomic E-state index is 0.178. The molecule has 0 aromatic carbocycles. The molecule has 0 fully saturated rings. The summed E-state index contributed by atoms with van der Waals surface area (Å²) in [6.45, 7) is 4.72. The van der Waals surface area contributed by atoms with Crippen LogP contribution in [0.1, 0.15) is 26.7 Å². The molecule has 1 unspecified atom stereocenters. The Bertz CT molecular complexity index is 363. The summed E-state index contributed by atoms with van der Waals surface area (Å²) >= 11 is 1.78. The fourth-order valence-corrected chi connectivity index (χ4v) is 2.06. The summed E-state index contributed by atoms with van der Waals surface area (Å²) in [6.07, 6.45) is 3.97. The van der Waals surface area contributed by atoms with Crippen molar-refractivity contribution in [3.63, 3.8) is 0 Å². The van der Waals surface area contributed by atoms with E-state index in [1.165, 1.54) is 0 Å². The van der Waals surface area contributed by atoms with Gasteiger partial charge >= 0.3 is 6.01 Å². The van der Waals surface area contributed by atoms with Crippen molar-refractivity contribution in [2.75, 3.05) is 29.7 Å². The third-order valence-corrected chi connectivity index (χ3v) is 3.00. The van der Waals surface area contributed by atoms with E-state index in [9.17, 15) is 0 Å². The maximum Gasteiger partial charge on any atom is 0.323 e. The molecule has 1 heterocycles. The van der Waals surface area contributed by atoms with Crippen LogP contribution in [0.5, 0.6) is 6.01 Å². The lowest BCUT2D eigenvalue weighted by molar-refractivity contribution is 0.292. The first-order chi connectivity index (χ1) is 8.69. The number of ether oxygens (including phenoxy) is 1. The lowest BCUT2D eigenvalue weighted by atomic mass is 10.3. The minimum Gasteiger partial charge on any atom is -0.463 e. The maximum absolute atomic E-state index is 5.63. The molecule has 0 aliphatic rings. The number of hydrogen-bond acceptors (Lipinski definition) is 7. The minimum atomic E-state index is 0.178. The fourth-order valence-electron chi connectivity index (χ4n) is 1.34. The van der Waals surface area contributed by atoms with E-state index in [1.807, 2.05) is 6.92 Å². The number of nitrogens with one attached hydrogen (secondary N) is 1. The number of nitrogen functional groups attached to an aromatic ring is 1. The number of hydrogen-bond donors (Lipinski definition) is 2. The van der Waals surface area contributed by atoms with E-state index in [2.05, 4.69) is 33.4 Å². The second-order valence-electron chi connectivity index (χ2n) is 3.85. The normalized spacial score (nSPS) is 12.2. The molecule has 0 amide bonds. The van der Waals surface area contributed by atoms with Crippen LogP contribution in [-0.2, 0) is 0 Å². The fraction of sp³-hybridized carbons (Fsp3) is 0.727. The zero-order valence-corrected chi connectivity index (χ0v) is 12.0. The van der Waals surface area contributed by atoms with E-state index >= 15 is 0 Å². The van der Waals surface area contributed by atoms with Gasteiger partial charge in [-0.25, -0.2) is 0 Å². The summed E-state index contributed by atoms with van der Waals surface area (Å²) in [5.74, 6) is 1.65. The van der Waals surface area contributed by atoms with Gasteiger partial charge in [0.2, 0.25) is 11.9 Å². The molecule has 102 valence electrons. The molecule has 1 atom stereocenters. The second kappa shape index (κ2) is 7.97. The molecule has 18 heavy (non-hydrogen) atoms. The molecule has 7 heteroatoms. The Morgan fingerprint density at radius 2 is 2.11 bits per heavy atom. The number of rotatable bonds is 8. The number of aromatic nitrogens is 3. The molecule has 0 spiro atoms. The van der Waals surface area contributed by atoms with Gasteiger partial charge in [-0.3, -0.25) is 0 Å². The highest BCUT2D eigenvalue weighted by Gasteiger charge is 2.10. The van der Waals surface area contributed by atoms with Gasteiger partial charge in [0.25, 0.3) is 0 Å².